The molecule has 1 heterocycles. The molecule has 0 atom stereocenters. The van der Waals surface area contributed by atoms with Gasteiger partial charge in [-0.25, -0.2) is 4.98 Å². The minimum absolute atomic E-state index is 0.0761. The van der Waals surface area contributed by atoms with Crippen molar-refractivity contribution < 1.29 is 0 Å². The average Bonchev–Trinajstić information content (AvgIpc) is 2.39. The number of aromatic amines is 1. The molecular weight excluding hydrogens is 144 g/mol. The topological polar surface area (TPSA) is 105 Å². The highest BCUT2D eigenvalue weighted by molar-refractivity contribution is 5.78. The summed E-state index contributed by atoms with van der Waals surface area (Å²) in [5.41, 5.74) is 10.0. The predicted octanol–water partition coefficient (Wildman–Crippen LogP) is -0.983. The third-order valence-corrected chi connectivity index (χ3v) is 0.873. The molecule has 0 saturated heterocycles. The standard InChI is InChI=1S/C5H8N6/c6-5(7)11-10-3-4-8-1-2-9-4/h1-3H,(H,8,9)(H4,6,7,11)/b10-3+. The van der Waals surface area contributed by atoms with E-state index < -0.39 is 0 Å². The number of nitrogens with one attached hydrogen (secondary N) is 1. The Labute approximate surface area is 63.0 Å². The summed E-state index contributed by atoms with van der Waals surface area (Å²) in [6.07, 6.45) is 4.70. The van der Waals surface area contributed by atoms with Gasteiger partial charge in [0.25, 0.3) is 0 Å². The summed E-state index contributed by atoms with van der Waals surface area (Å²) >= 11 is 0. The van der Waals surface area contributed by atoms with Crippen LogP contribution in [0.2, 0.25) is 0 Å². The first-order chi connectivity index (χ1) is 5.29. The number of H-pyrrole nitrogens is 1. The van der Waals surface area contributed by atoms with Crippen LogP contribution in [0.5, 0.6) is 0 Å². The highest BCUT2D eigenvalue weighted by atomic mass is 15.3. The van der Waals surface area contributed by atoms with Gasteiger partial charge in [-0.3, -0.25) is 0 Å². The Morgan fingerprint density at radius 2 is 2.45 bits per heavy atom. The molecule has 6 heteroatoms. The van der Waals surface area contributed by atoms with Gasteiger partial charge in [0.05, 0.1) is 6.21 Å². The lowest BCUT2D eigenvalue weighted by Gasteiger charge is -1.82. The first kappa shape index (κ1) is 7.26. The van der Waals surface area contributed by atoms with Gasteiger partial charge in [-0.15, -0.1) is 5.10 Å². The van der Waals surface area contributed by atoms with Crippen LogP contribution in [-0.2, 0) is 0 Å². The first-order valence-electron chi connectivity index (χ1n) is 2.90. The Morgan fingerprint density at radius 3 is 3.00 bits per heavy atom. The molecule has 1 rings (SSSR count). The lowest BCUT2D eigenvalue weighted by Crippen LogP contribution is -2.21. The van der Waals surface area contributed by atoms with Crippen molar-refractivity contribution in [2.75, 3.05) is 0 Å². The van der Waals surface area contributed by atoms with Crippen LogP contribution < -0.4 is 11.5 Å². The Balaban J connectivity index is 2.56. The van der Waals surface area contributed by atoms with E-state index in [1.165, 1.54) is 6.21 Å². The summed E-state index contributed by atoms with van der Waals surface area (Å²) in [7, 11) is 0. The molecule has 0 fully saturated rings. The normalized spacial score (nSPS) is 10.2. The first-order valence-corrected chi connectivity index (χ1v) is 2.90. The molecule has 0 aliphatic heterocycles. The number of guanidine groups is 1. The molecule has 11 heavy (non-hydrogen) atoms. The Hall–Kier alpha value is -1.85. The van der Waals surface area contributed by atoms with Gasteiger partial charge in [-0.05, 0) is 0 Å². The summed E-state index contributed by atoms with van der Waals surface area (Å²) in [6, 6.07) is 0. The number of nitrogens with two attached hydrogens (primary N) is 2. The molecule has 0 amide bonds. The highest BCUT2D eigenvalue weighted by Gasteiger charge is 1.84. The van der Waals surface area contributed by atoms with Gasteiger partial charge in [0, 0.05) is 12.4 Å². The molecule has 1 aromatic rings. The smallest absolute Gasteiger partial charge is 0.211 e. The Bertz CT molecular complexity index is 255. The zero-order chi connectivity index (χ0) is 8.10. The third-order valence-electron chi connectivity index (χ3n) is 0.873. The van der Waals surface area contributed by atoms with Gasteiger partial charge < -0.3 is 16.5 Å². The van der Waals surface area contributed by atoms with Crippen molar-refractivity contribution >= 4 is 12.2 Å². The molecule has 0 aromatic carbocycles. The SMILES string of the molecule is NC(N)=N/N=C/c1ncc[nH]1. The molecule has 5 N–H and O–H groups in total. The van der Waals surface area contributed by atoms with Crippen molar-refractivity contribution in [1.29, 1.82) is 0 Å². The third kappa shape index (κ3) is 2.48. The van der Waals surface area contributed by atoms with E-state index in [2.05, 4.69) is 20.2 Å². The van der Waals surface area contributed by atoms with Crippen LogP contribution in [0.1, 0.15) is 5.82 Å². The maximum Gasteiger partial charge on any atom is 0.211 e. The molecular formula is C5H8N6. The summed E-state index contributed by atoms with van der Waals surface area (Å²) < 4.78 is 0. The van der Waals surface area contributed by atoms with Crippen LogP contribution in [0.25, 0.3) is 0 Å². The zero-order valence-corrected chi connectivity index (χ0v) is 5.73. The number of hydrogen-bond donors (Lipinski definition) is 3. The monoisotopic (exact) mass is 152 g/mol. The molecule has 1 aromatic heterocycles. The van der Waals surface area contributed by atoms with Crippen molar-refractivity contribution in [3.8, 4) is 0 Å². The fourth-order valence-electron chi connectivity index (χ4n) is 0.498. The lowest BCUT2D eigenvalue weighted by atomic mass is 10.7. The van der Waals surface area contributed by atoms with Gasteiger partial charge in [0.15, 0.2) is 0 Å². The second-order valence-electron chi connectivity index (χ2n) is 1.74. The molecule has 0 radical (unpaired) electrons. The largest absolute Gasteiger partial charge is 0.369 e. The Morgan fingerprint density at radius 1 is 1.64 bits per heavy atom. The number of nitrogens with zero attached hydrogens (tertiary/aromatic N) is 3. The summed E-state index contributed by atoms with van der Waals surface area (Å²) in [6.45, 7) is 0. The van der Waals surface area contributed by atoms with Crippen molar-refractivity contribution in [2.24, 2.45) is 21.7 Å². The lowest BCUT2D eigenvalue weighted by molar-refractivity contribution is 1.19. The second-order valence-corrected chi connectivity index (χ2v) is 1.74. The quantitative estimate of drug-likeness (QED) is 0.288. The van der Waals surface area contributed by atoms with Crippen molar-refractivity contribution in [2.45, 2.75) is 0 Å². The molecule has 0 saturated carbocycles. The van der Waals surface area contributed by atoms with Crippen molar-refractivity contribution in [3.05, 3.63) is 18.2 Å². The van der Waals surface area contributed by atoms with E-state index in [9.17, 15) is 0 Å². The van der Waals surface area contributed by atoms with E-state index >= 15 is 0 Å². The zero-order valence-electron chi connectivity index (χ0n) is 5.73. The Kier molecular flexibility index (Phi) is 2.21. The van der Waals surface area contributed by atoms with Gasteiger partial charge in [-0.1, -0.05) is 0 Å². The molecule has 6 nitrogen and oxygen atoms in total. The predicted molar refractivity (Wildman–Crippen MR) is 42.0 cm³/mol. The molecule has 0 aliphatic rings. The van der Waals surface area contributed by atoms with Crippen LogP contribution in [0.15, 0.2) is 22.6 Å². The summed E-state index contributed by atoms with van der Waals surface area (Å²) in [4.78, 5) is 6.66. The van der Waals surface area contributed by atoms with E-state index in [1.54, 1.807) is 12.4 Å². The van der Waals surface area contributed by atoms with Crippen LogP contribution in [0, 0.1) is 0 Å². The van der Waals surface area contributed by atoms with Gasteiger partial charge in [0.1, 0.15) is 5.82 Å². The number of imidazole rings is 1. The van der Waals surface area contributed by atoms with Crippen molar-refractivity contribution in [1.82, 2.24) is 9.97 Å². The molecule has 58 valence electrons. The fraction of sp³-hybridized carbons (Fsp3) is 0. The average molecular weight is 152 g/mol. The van der Waals surface area contributed by atoms with Gasteiger partial charge in [-0.2, -0.15) is 5.10 Å². The van der Waals surface area contributed by atoms with Crippen molar-refractivity contribution in [3.63, 3.8) is 0 Å². The maximum atomic E-state index is 5.02. The maximum absolute atomic E-state index is 5.02. The van der Waals surface area contributed by atoms with E-state index in [0.717, 1.165) is 0 Å². The van der Waals surface area contributed by atoms with Crippen LogP contribution in [0.4, 0.5) is 0 Å². The molecule has 0 bridgehead atoms. The molecule has 0 aliphatic carbocycles. The van der Waals surface area contributed by atoms with E-state index in [-0.39, 0.29) is 5.96 Å². The highest BCUT2D eigenvalue weighted by Crippen LogP contribution is 1.81. The summed E-state index contributed by atoms with van der Waals surface area (Å²) in [5, 5.41) is 6.91. The van der Waals surface area contributed by atoms with E-state index in [0.29, 0.717) is 5.82 Å². The molecule has 0 unspecified atom stereocenters. The van der Waals surface area contributed by atoms with E-state index in [1.807, 2.05) is 0 Å². The second kappa shape index (κ2) is 3.35. The van der Waals surface area contributed by atoms with Crippen LogP contribution in [0.3, 0.4) is 0 Å². The van der Waals surface area contributed by atoms with Crippen LogP contribution >= 0.6 is 0 Å². The van der Waals surface area contributed by atoms with Gasteiger partial charge in [0.2, 0.25) is 5.96 Å². The van der Waals surface area contributed by atoms with Crippen LogP contribution in [-0.4, -0.2) is 22.1 Å². The fourth-order valence-corrected chi connectivity index (χ4v) is 0.498. The number of aromatic nitrogens is 2. The minimum Gasteiger partial charge on any atom is -0.369 e. The number of hydrogen-bond acceptors (Lipinski definition) is 3. The number of rotatable bonds is 2. The molecule has 0 spiro atoms. The van der Waals surface area contributed by atoms with E-state index in [4.69, 9.17) is 11.5 Å². The summed E-state index contributed by atoms with van der Waals surface area (Å²) in [5.74, 6) is 0.530. The van der Waals surface area contributed by atoms with Gasteiger partial charge >= 0.3 is 0 Å². The minimum atomic E-state index is -0.0761.